The number of benzene rings is 3. The van der Waals surface area contributed by atoms with Crippen LogP contribution in [-0.2, 0) is 30.2 Å². The van der Waals surface area contributed by atoms with E-state index >= 15 is 0 Å². The van der Waals surface area contributed by atoms with Gasteiger partial charge in [-0.05, 0) is 28.8 Å². The minimum Gasteiger partial charge on any atom is -0.872 e. The minimum atomic E-state index is -1.50. The van der Waals surface area contributed by atoms with Crippen molar-refractivity contribution in [3.63, 3.8) is 0 Å². The van der Waals surface area contributed by atoms with E-state index in [0.29, 0.717) is 13.1 Å². The first-order chi connectivity index (χ1) is 18.3. The molecule has 1 radical (unpaired) electrons. The van der Waals surface area contributed by atoms with Crippen LogP contribution in [0.4, 0.5) is 4.79 Å². The molecule has 1 aromatic heterocycles. The van der Waals surface area contributed by atoms with Gasteiger partial charge in [0.15, 0.2) is 0 Å². The largest absolute Gasteiger partial charge is 2.00 e. The molecule has 3 aromatic carbocycles. The van der Waals surface area contributed by atoms with Crippen LogP contribution in [0.3, 0.4) is 0 Å². The van der Waals surface area contributed by atoms with Gasteiger partial charge in [-0.3, -0.25) is 4.98 Å². The molecule has 2 amide bonds. The van der Waals surface area contributed by atoms with Crippen molar-refractivity contribution in [1.82, 2.24) is 15.3 Å². The molecule has 0 fully saturated rings. The number of nitrogens with one attached hydrogen (secondary N) is 1. The maximum absolute atomic E-state index is 12.7. The monoisotopic (exact) mass is 578 g/mol. The molecule has 0 saturated carbocycles. The molecule has 4 aromatic rings. The van der Waals surface area contributed by atoms with Gasteiger partial charge in [-0.15, -0.1) is 21.6 Å². The Balaban J connectivity index is 0.000000584. The third kappa shape index (κ3) is 13.8. The zero-order valence-corrected chi connectivity index (χ0v) is 21.4. The summed E-state index contributed by atoms with van der Waals surface area (Å²) in [5.41, 5.74) is 4.53. The quantitative estimate of drug-likeness (QED) is 0.153. The second-order valence-electron chi connectivity index (χ2n) is 7.46. The summed E-state index contributed by atoms with van der Waals surface area (Å²) in [5, 5.41) is 40.5. The summed E-state index contributed by atoms with van der Waals surface area (Å²) in [6.07, 6.45) is 4.69. The van der Waals surface area contributed by atoms with Gasteiger partial charge in [0.1, 0.15) is 0 Å². The molecule has 11 nitrogen and oxygen atoms in total. The molecule has 0 unspecified atom stereocenters. The van der Waals surface area contributed by atoms with E-state index < -0.39 is 11.1 Å². The van der Waals surface area contributed by atoms with E-state index in [2.05, 4.69) is 15.5 Å². The van der Waals surface area contributed by atoms with Crippen LogP contribution in [0.15, 0.2) is 115 Å². The summed E-state index contributed by atoms with van der Waals surface area (Å²) < 4.78 is 0. The van der Waals surface area contributed by atoms with Gasteiger partial charge < -0.3 is 20.3 Å². The first kappa shape index (κ1) is 32.1. The van der Waals surface area contributed by atoms with E-state index in [1.807, 2.05) is 78.9 Å². The average molecular weight is 579 g/mol. The maximum Gasteiger partial charge on any atom is 2.00 e. The first-order valence-electron chi connectivity index (χ1n) is 11.2. The van der Waals surface area contributed by atoms with E-state index in [-0.39, 0.29) is 34.1 Å². The van der Waals surface area contributed by atoms with Gasteiger partial charge in [0, 0.05) is 25.5 Å². The number of hydrogen-bond acceptors (Lipinski definition) is 7. The van der Waals surface area contributed by atoms with Crippen molar-refractivity contribution >= 4 is 12.2 Å². The number of carbonyl (C=O) groups is 1. The molecule has 0 aliphatic carbocycles. The number of urea groups is 1. The van der Waals surface area contributed by atoms with Gasteiger partial charge in [0.2, 0.25) is 0 Å². The van der Waals surface area contributed by atoms with Crippen LogP contribution in [0.2, 0.25) is 0 Å². The van der Waals surface area contributed by atoms with Crippen LogP contribution in [0.25, 0.3) is 0 Å². The average Bonchev–Trinajstić information content (AvgIpc) is 2.92. The van der Waals surface area contributed by atoms with Gasteiger partial charge in [-0.1, -0.05) is 84.9 Å². The van der Waals surface area contributed by atoms with E-state index in [4.69, 9.17) is 15.3 Å². The van der Waals surface area contributed by atoms with Crippen molar-refractivity contribution in [2.24, 2.45) is 5.10 Å². The fourth-order valence-electron chi connectivity index (χ4n) is 2.97. The maximum atomic E-state index is 12.7. The van der Waals surface area contributed by atoms with Crippen LogP contribution >= 0.6 is 0 Å². The number of hydrogen-bond donors (Lipinski definition) is 2. The molecule has 205 valence electrons. The Morgan fingerprint density at radius 3 is 1.82 bits per heavy atom. The molecule has 0 bridgehead atoms. The summed E-state index contributed by atoms with van der Waals surface area (Å²) in [5.74, 6) is -0.620. The van der Waals surface area contributed by atoms with E-state index in [1.165, 1.54) is 24.4 Å². The summed E-state index contributed by atoms with van der Waals surface area (Å²) in [7, 11) is 0. The molecular formula is C27H25CuN5O6. The number of nitrogens with zero attached hydrogens (tertiary/aromatic N) is 4. The normalized spacial score (nSPS) is 9.54. The zero-order valence-electron chi connectivity index (χ0n) is 20.5. The predicted octanol–water partition coefficient (Wildman–Crippen LogP) is 3.31. The van der Waals surface area contributed by atoms with Crippen LogP contribution in [0, 0.1) is 10.1 Å². The summed E-state index contributed by atoms with van der Waals surface area (Å²) in [6, 6.07) is 28.1. The Morgan fingerprint density at radius 2 is 1.38 bits per heavy atom. The summed E-state index contributed by atoms with van der Waals surface area (Å²) >= 11 is 0. The Hall–Kier alpha value is -4.93. The predicted molar refractivity (Wildman–Crippen MR) is 137 cm³/mol. The van der Waals surface area contributed by atoms with Crippen molar-refractivity contribution in [2.45, 2.75) is 13.1 Å². The number of aromatic nitrogens is 1. The van der Waals surface area contributed by atoms with Crippen molar-refractivity contribution in [2.75, 3.05) is 0 Å². The molecule has 0 saturated heterocycles. The van der Waals surface area contributed by atoms with Crippen molar-refractivity contribution in [3.8, 4) is 11.5 Å². The van der Waals surface area contributed by atoms with Gasteiger partial charge in [0.25, 0.3) is 5.09 Å². The molecule has 0 atom stereocenters. The first-order valence-corrected chi connectivity index (χ1v) is 11.2. The molecule has 12 heteroatoms. The molecule has 39 heavy (non-hydrogen) atoms. The molecule has 2 N–H and O–H groups in total. The van der Waals surface area contributed by atoms with Gasteiger partial charge >= 0.3 is 23.1 Å². The van der Waals surface area contributed by atoms with E-state index in [1.54, 1.807) is 17.3 Å². The number of amides is 2. The Labute approximate surface area is 235 Å². The van der Waals surface area contributed by atoms with Crippen molar-refractivity contribution in [1.29, 1.82) is 0 Å². The van der Waals surface area contributed by atoms with Gasteiger partial charge in [-0.25, -0.2) is 10.2 Å². The topological polar surface area (TPSA) is 167 Å². The number of carbonyl (C=O) groups excluding carboxylic acids is 1. The Morgan fingerprint density at radius 1 is 0.897 bits per heavy atom. The van der Waals surface area contributed by atoms with Crippen LogP contribution in [0.1, 0.15) is 16.7 Å². The van der Waals surface area contributed by atoms with Crippen LogP contribution in [0.5, 0.6) is 11.5 Å². The minimum absolute atomic E-state index is 0. The fraction of sp³-hybridized carbons (Fsp3) is 0.0741. The fourth-order valence-corrected chi connectivity index (χ4v) is 2.97. The van der Waals surface area contributed by atoms with Gasteiger partial charge in [0.05, 0.1) is 6.21 Å². The molecule has 1 heterocycles. The smallest absolute Gasteiger partial charge is 0.872 e. The van der Waals surface area contributed by atoms with Crippen molar-refractivity contribution < 1.29 is 42.4 Å². The molecule has 0 aliphatic rings. The third-order valence-electron chi connectivity index (χ3n) is 4.63. The molecular weight excluding hydrogens is 554 g/mol. The van der Waals surface area contributed by atoms with Crippen molar-refractivity contribution in [3.05, 3.63) is 136 Å². The summed E-state index contributed by atoms with van der Waals surface area (Å²) in [4.78, 5) is 26.4. The Kier molecular flexibility index (Phi) is 15.1. The van der Waals surface area contributed by atoms with Crippen LogP contribution < -0.4 is 15.6 Å². The third-order valence-corrected chi connectivity index (χ3v) is 4.63. The van der Waals surface area contributed by atoms with E-state index in [0.717, 1.165) is 11.1 Å². The SMILES string of the molecule is O=C(N/N=C/c1cc([O-])ccc1[O-])N(Cc1ccccc1)Cc1ccccc1.O=[N+]([O-])O.[Cu+2].c1ccncc1. The summed E-state index contributed by atoms with van der Waals surface area (Å²) in [6.45, 7) is 0.805. The second-order valence-corrected chi connectivity index (χ2v) is 7.46. The number of rotatable bonds is 6. The Bertz CT molecular complexity index is 1210. The van der Waals surface area contributed by atoms with Crippen LogP contribution in [-0.4, -0.2) is 32.4 Å². The molecule has 0 spiro atoms. The number of hydrazone groups is 1. The molecule has 0 aliphatic heterocycles. The second kappa shape index (κ2) is 18.3. The molecule has 4 rings (SSSR count). The standard InChI is InChI=1S/C22H21N3O3.C5H5N.Cu.HNO3/c26-20-11-12-21(27)19(13-20)14-23-24-22(28)25(15-17-7-3-1-4-8-17)16-18-9-5-2-6-10-18;1-2-4-6-5-3-1;;2-1(3)4/h1-14,26-27H,15-16H2,(H,24,28);1-5H;;(H,2,3,4)/q;;+2;/p-2/b23-14+;;;. The van der Waals surface area contributed by atoms with Gasteiger partial charge in [-0.2, -0.15) is 5.10 Å². The zero-order chi connectivity index (χ0) is 27.6. The number of pyridine rings is 1. The van der Waals surface area contributed by atoms with E-state index in [9.17, 15) is 15.0 Å².